The number of nitrogens with one attached hydrogen (secondary N) is 1. The third kappa shape index (κ3) is 4.18. The molecular formula is C15H29N3O. The van der Waals surface area contributed by atoms with Gasteiger partial charge in [0.05, 0.1) is 6.54 Å². The van der Waals surface area contributed by atoms with Gasteiger partial charge in [0.2, 0.25) is 5.91 Å². The topological polar surface area (TPSA) is 35.6 Å². The molecule has 19 heavy (non-hydrogen) atoms. The maximum Gasteiger partial charge on any atom is 0.236 e. The van der Waals surface area contributed by atoms with Crippen LogP contribution in [0, 0.1) is 5.92 Å². The summed E-state index contributed by atoms with van der Waals surface area (Å²) in [5, 5.41) is 3.52. The molecule has 110 valence electrons. The van der Waals surface area contributed by atoms with Crippen molar-refractivity contribution in [1.29, 1.82) is 0 Å². The maximum absolute atomic E-state index is 12.1. The molecule has 0 radical (unpaired) electrons. The molecule has 2 heterocycles. The van der Waals surface area contributed by atoms with Crippen LogP contribution in [0.4, 0.5) is 0 Å². The third-order valence-corrected chi connectivity index (χ3v) is 4.68. The van der Waals surface area contributed by atoms with E-state index in [9.17, 15) is 4.79 Å². The Hall–Kier alpha value is -0.610. The van der Waals surface area contributed by atoms with Crippen LogP contribution in [0.3, 0.4) is 0 Å². The monoisotopic (exact) mass is 267 g/mol. The van der Waals surface area contributed by atoms with E-state index < -0.39 is 0 Å². The Kier molecular flexibility index (Phi) is 5.64. The van der Waals surface area contributed by atoms with Gasteiger partial charge < -0.3 is 10.2 Å². The van der Waals surface area contributed by atoms with Gasteiger partial charge in [-0.25, -0.2) is 0 Å². The highest BCUT2D eigenvalue weighted by molar-refractivity contribution is 5.78. The van der Waals surface area contributed by atoms with Gasteiger partial charge in [-0.3, -0.25) is 9.69 Å². The van der Waals surface area contributed by atoms with Crippen LogP contribution < -0.4 is 5.32 Å². The second kappa shape index (κ2) is 7.25. The molecule has 4 heteroatoms. The molecule has 0 aromatic heterocycles. The molecule has 0 bridgehead atoms. The minimum atomic E-state index is 0.343. The smallest absolute Gasteiger partial charge is 0.236 e. The molecular weight excluding hydrogens is 238 g/mol. The summed E-state index contributed by atoms with van der Waals surface area (Å²) < 4.78 is 0. The number of nitrogens with zero attached hydrogens (tertiary/aromatic N) is 2. The van der Waals surface area contributed by atoms with E-state index in [0.717, 1.165) is 38.6 Å². The van der Waals surface area contributed by atoms with Crippen molar-refractivity contribution in [2.24, 2.45) is 5.92 Å². The zero-order valence-electron chi connectivity index (χ0n) is 12.5. The number of hydrogen-bond donors (Lipinski definition) is 1. The summed E-state index contributed by atoms with van der Waals surface area (Å²) in [6, 6.07) is 0.612. The number of likely N-dealkylation sites (tertiary alicyclic amines) is 2. The number of rotatable bonds is 5. The molecule has 0 spiro atoms. The Bertz CT molecular complexity index is 281. The lowest BCUT2D eigenvalue weighted by Gasteiger charge is -2.35. The zero-order valence-corrected chi connectivity index (χ0v) is 12.5. The first-order valence-corrected chi connectivity index (χ1v) is 7.94. The van der Waals surface area contributed by atoms with E-state index >= 15 is 0 Å². The van der Waals surface area contributed by atoms with E-state index in [2.05, 4.69) is 24.1 Å². The van der Waals surface area contributed by atoms with Crippen LogP contribution in [-0.4, -0.2) is 61.0 Å². The molecule has 1 atom stereocenters. The summed E-state index contributed by atoms with van der Waals surface area (Å²) in [7, 11) is 0. The van der Waals surface area contributed by atoms with Crippen molar-refractivity contribution in [3.8, 4) is 0 Å². The molecule has 1 amide bonds. The van der Waals surface area contributed by atoms with Gasteiger partial charge in [-0.1, -0.05) is 6.92 Å². The van der Waals surface area contributed by atoms with Gasteiger partial charge in [-0.2, -0.15) is 0 Å². The Labute approximate surface area is 117 Å². The summed E-state index contributed by atoms with van der Waals surface area (Å²) in [5.74, 6) is 1.12. The first-order valence-electron chi connectivity index (χ1n) is 7.94. The van der Waals surface area contributed by atoms with E-state index in [1.165, 1.54) is 25.7 Å². The van der Waals surface area contributed by atoms with Crippen molar-refractivity contribution >= 4 is 5.91 Å². The molecule has 1 unspecified atom stereocenters. The van der Waals surface area contributed by atoms with Gasteiger partial charge >= 0.3 is 0 Å². The van der Waals surface area contributed by atoms with Gasteiger partial charge in [-0.05, 0) is 58.2 Å². The van der Waals surface area contributed by atoms with Crippen molar-refractivity contribution in [3.63, 3.8) is 0 Å². The Morgan fingerprint density at radius 3 is 2.42 bits per heavy atom. The highest BCUT2D eigenvalue weighted by Gasteiger charge is 2.26. The molecule has 2 rings (SSSR count). The number of carbonyl (C=O) groups excluding carboxylic acids is 1. The second-order valence-corrected chi connectivity index (χ2v) is 6.05. The van der Waals surface area contributed by atoms with E-state index in [1.54, 1.807) is 0 Å². The molecule has 1 N–H and O–H groups in total. The summed E-state index contributed by atoms with van der Waals surface area (Å²) in [6.07, 6.45) is 4.82. The van der Waals surface area contributed by atoms with E-state index in [0.29, 0.717) is 18.5 Å². The van der Waals surface area contributed by atoms with Crippen LogP contribution in [0.2, 0.25) is 0 Å². The van der Waals surface area contributed by atoms with Crippen molar-refractivity contribution in [2.75, 3.05) is 39.3 Å². The van der Waals surface area contributed by atoms with Crippen LogP contribution in [0.1, 0.15) is 39.5 Å². The second-order valence-electron chi connectivity index (χ2n) is 6.05. The highest BCUT2D eigenvalue weighted by Crippen LogP contribution is 2.20. The molecule has 0 saturated carbocycles. The van der Waals surface area contributed by atoms with Crippen molar-refractivity contribution in [1.82, 2.24) is 15.1 Å². The van der Waals surface area contributed by atoms with Crippen molar-refractivity contribution in [3.05, 3.63) is 0 Å². The summed E-state index contributed by atoms with van der Waals surface area (Å²) in [5.41, 5.74) is 0. The Morgan fingerprint density at radius 2 is 1.84 bits per heavy atom. The number of carbonyl (C=O) groups is 1. The zero-order chi connectivity index (χ0) is 13.7. The molecule has 0 aromatic rings. The van der Waals surface area contributed by atoms with Gasteiger partial charge in [0.25, 0.3) is 0 Å². The SMILES string of the molecule is CCNC(C)C1CCN(CC(=O)N2CCCC2)CC1. The van der Waals surface area contributed by atoms with Gasteiger partial charge in [0, 0.05) is 19.1 Å². The molecule has 2 fully saturated rings. The van der Waals surface area contributed by atoms with Gasteiger partial charge in [-0.15, -0.1) is 0 Å². The normalized spacial score (nSPS) is 23.8. The van der Waals surface area contributed by atoms with Gasteiger partial charge in [0.15, 0.2) is 0 Å². The minimum Gasteiger partial charge on any atom is -0.342 e. The summed E-state index contributed by atoms with van der Waals surface area (Å²) >= 11 is 0. The fourth-order valence-corrected chi connectivity index (χ4v) is 3.36. The fraction of sp³-hybridized carbons (Fsp3) is 0.933. The number of amides is 1. The highest BCUT2D eigenvalue weighted by atomic mass is 16.2. The van der Waals surface area contributed by atoms with Crippen LogP contribution in [0.25, 0.3) is 0 Å². The maximum atomic E-state index is 12.1. The average molecular weight is 267 g/mol. The predicted octanol–water partition coefficient (Wildman–Crippen LogP) is 1.32. The van der Waals surface area contributed by atoms with Crippen LogP contribution in [-0.2, 0) is 4.79 Å². The molecule has 2 aliphatic rings. The Morgan fingerprint density at radius 1 is 1.21 bits per heavy atom. The lowest BCUT2D eigenvalue weighted by Crippen LogP contribution is -2.45. The first kappa shape index (κ1) is 14.8. The molecule has 0 aromatic carbocycles. The lowest BCUT2D eigenvalue weighted by molar-refractivity contribution is -0.131. The van der Waals surface area contributed by atoms with Crippen LogP contribution >= 0.6 is 0 Å². The quantitative estimate of drug-likeness (QED) is 0.816. The Balaban J connectivity index is 1.69. The summed E-state index contributed by atoms with van der Waals surface area (Å²) in [4.78, 5) is 16.5. The predicted molar refractivity (Wildman–Crippen MR) is 78.1 cm³/mol. The largest absolute Gasteiger partial charge is 0.342 e. The van der Waals surface area contributed by atoms with Crippen LogP contribution in [0.5, 0.6) is 0 Å². The van der Waals surface area contributed by atoms with Crippen molar-refractivity contribution < 1.29 is 4.79 Å². The standard InChI is InChI=1S/C15H29N3O/c1-3-16-13(2)14-6-10-17(11-7-14)12-15(19)18-8-4-5-9-18/h13-14,16H,3-12H2,1-2H3. The van der Waals surface area contributed by atoms with Gasteiger partial charge in [0.1, 0.15) is 0 Å². The average Bonchev–Trinajstić information content (AvgIpc) is 2.94. The molecule has 2 aliphatic heterocycles. The number of hydrogen-bond acceptors (Lipinski definition) is 3. The molecule has 4 nitrogen and oxygen atoms in total. The van der Waals surface area contributed by atoms with Crippen LogP contribution in [0.15, 0.2) is 0 Å². The lowest BCUT2D eigenvalue weighted by atomic mass is 9.90. The fourth-order valence-electron chi connectivity index (χ4n) is 3.36. The molecule has 0 aliphatic carbocycles. The van der Waals surface area contributed by atoms with E-state index in [-0.39, 0.29) is 0 Å². The summed E-state index contributed by atoms with van der Waals surface area (Å²) in [6.45, 7) is 10.3. The molecule has 2 saturated heterocycles. The van der Waals surface area contributed by atoms with E-state index in [1.807, 2.05) is 4.90 Å². The minimum absolute atomic E-state index is 0.343. The number of piperidine rings is 1. The third-order valence-electron chi connectivity index (χ3n) is 4.68. The first-order chi connectivity index (χ1) is 9.20. The van der Waals surface area contributed by atoms with Crippen molar-refractivity contribution in [2.45, 2.75) is 45.6 Å². The van der Waals surface area contributed by atoms with E-state index in [4.69, 9.17) is 0 Å².